The lowest BCUT2D eigenvalue weighted by Crippen LogP contribution is -2.62. The van der Waals surface area contributed by atoms with Crippen molar-refractivity contribution >= 4 is 23.5 Å². The fraction of sp³-hybridized carbons (Fsp3) is 0.348. The zero-order valence-corrected chi connectivity index (χ0v) is 16.5. The summed E-state index contributed by atoms with van der Waals surface area (Å²) in [5.74, 6) is -1.30. The number of fused-ring (bicyclic) bond motifs is 1. The van der Waals surface area contributed by atoms with Gasteiger partial charge in [0.15, 0.2) is 0 Å². The quantitative estimate of drug-likeness (QED) is 0.795. The van der Waals surface area contributed by atoms with Gasteiger partial charge in [0.25, 0.3) is 0 Å². The fourth-order valence-electron chi connectivity index (χ4n) is 4.28. The molecule has 1 saturated carbocycles. The lowest BCUT2D eigenvalue weighted by atomic mass is 9.76. The Labute approximate surface area is 174 Å². The molecule has 3 atom stereocenters. The Hall–Kier alpha value is -3.22. The molecule has 7 heteroatoms. The first-order valence-corrected chi connectivity index (χ1v) is 10.2. The van der Waals surface area contributed by atoms with E-state index in [1.54, 1.807) is 0 Å². The Morgan fingerprint density at radius 1 is 1.07 bits per heavy atom. The number of carbonyl (C=O) groups is 3. The summed E-state index contributed by atoms with van der Waals surface area (Å²) in [6, 6.07) is 14.6. The van der Waals surface area contributed by atoms with Crippen LogP contribution in [0.15, 0.2) is 54.6 Å². The molecule has 156 valence electrons. The van der Waals surface area contributed by atoms with Gasteiger partial charge in [-0.25, -0.2) is 9.18 Å². The Balaban J connectivity index is 1.35. The van der Waals surface area contributed by atoms with Crippen molar-refractivity contribution in [1.29, 1.82) is 0 Å². The van der Waals surface area contributed by atoms with Crippen molar-refractivity contribution in [2.45, 2.75) is 31.7 Å². The van der Waals surface area contributed by atoms with Crippen molar-refractivity contribution in [3.05, 3.63) is 66.0 Å². The average Bonchev–Trinajstić information content (AvgIpc) is 2.75. The third-order valence-electron chi connectivity index (χ3n) is 5.94. The van der Waals surface area contributed by atoms with Crippen LogP contribution in [-0.2, 0) is 16.0 Å². The summed E-state index contributed by atoms with van der Waals surface area (Å²) in [6.45, 7) is 0.340. The lowest BCUT2D eigenvalue weighted by molar-refractivity contribution is -0.138. The van der Waals surface area contributed by atoms with Gasteiger partial charge in [0.1, 0.15) is 5.82 Å². The molecular weight excluding hydrogens is 385 g/mol. The first-order chi connectivity index (χ1) is 14.5. The SMILES string of the molecule is O=C(Nc1ccc(F)cc1)C1CCC2C(=O)N(CCc3ccccc3)C(=O)NC2C1. The van der Waals surface area contributed by atoms with Crippen molar-refractivity contribution < 1.29 is 18.8 Å². The van der Waals surface area contributed by atoms with Crippen molar-refractivity contribution in [1.82, 2.24) is 10.2 Å². The summed E-state index contributed by atoms with van der Waals surface area (Å²) in [7, 11) is 0. The van der Waals surface area contributed by atoms with Crippen LogP contribution in [0, 0.1) is 17.7 Å². The molecule has 1 aliphatic carbocycles. The van der Waals surface area contributed by atoms with Crippen LogP contribution in [0.3, 0.4) is 0 Å². The molecule has 1 saturated heterocycles. The number of nitrogens with zero attached hydrogens (tertiary/aromatic N) is 1. The van der Waals surface area contributed by atoms with Gasteiger partial charge in [-0.2, -0.15) is 0 Å². The van der Waals surface area contributed by atoms with Crippen LogP contribution in [0.4, 0.5) is 14.9 Å². The van der Waals surface area contributed by atoms with E-state index in [4.69, 9.17) is 0 Å². The number of carbonyl (C=O) groups excluding carboxylic acids is 3. The highest BCUT2D eigenvalue weighted by molar-refractivity contribution is 5.99. The highest BCUT2D eigenvalue weighted by Gasteiger charge is 2.45. The Morgan fingerprint density at radius 3 is 2.53 bits per heavy atom. The molecule has 1 heterocycles. The molecule has 0 bridgehead atoms. The zero-order valence-electron chi connectivity index (χ0n) is 16.5. The summed E-state index contributed by atoms with van der Waals surface area (Å²) >= 11 is 0. The summed E-state index contributed by atoms with van der Waals surface area (Å²) in [4.78, 5) is 39.4. The van der Waals surface area contributed by atoms with Crippen molar-refractivity contribution in [3.63, 3.8) is 0 Å². The number of hydrogen-bond acceptors (Lipinski definition) is 3. The highest BCUT2D eigenvalue weighted by Crippen LogP contribution is 2.33. The molecule has 6 nitrogen and oxygen atoms in total. The molecule has 3 unspecified atom stereocenters. The van der Waals surface area contributed by atoms with E-state index in [2.05, 4.69) is 10.6 Å². The number of nitrogens with one attached hydrogen (secondary N) is 2. The largest absolute Gasteiger partial charge is 0.334 e. The third-order valence-corrected chi connectivity index (χ3v) is 5.94. The van der Waals surface area contributed by atoms with Crippen LogP contribution in [0.5, 0.6) is 0 Å². The molecular formula is C23H24FN3O3. The second-order valence-electron chi connectivity index (χ2n) is 7.89. The van der Waals surface area contributed by atoms with Crippen LogP contribution in [0.1, 0.15) is 24.8 Å². The van der Waals surface area contributed by atoms with E-state index in [1.165, 1.54) is 29.2 Å². The van der Waals surface area contributed by atoms with E-state index in [1.807, 2.05) is 30.3 Å². The minimum Gasteiger partial charge on any atom is -0.334 e. The predicted molar refractivity (Wildman–Crippen MR) is 110 cm³/mol. The van der Waals surface area contributed by atoms with Gasteiger partial charge in [-0.3, -0.25) is 14.5 Å². The van der Waals surface area contributed by atoms with Gasteiger partial charge in [0, 0.05) is 24.2 Å². The maximum Gasteiger partial charge on any atom is 0.324 e. The molecule has 0 aromatic heterocycles. The Morgan fingerprint density at radius 2 is 1.80 bits per heavy atom. The molecule has 1 aliphatic heterocycles. The van der Waals surface area contributed by atoms with Crippen LogP contribution in [0.2, 0.25) is 0 Å². The molecule has 2 aliphatic rings. The van der Waals surface area contributed by atoms with Gasteiger partial charge in [-0.1, -0.05) is 30.3 Å². The number of hydrogen-bond donors (Lipinski definition) is 2. The Kier molecular flexibility index (Phi) is 5.79. The van der Waals surface area contributed by atoms with Crippen LogP contribution >= 0.6 is 0 Å². The van der Waals surface area contributed by atoms with Gasteiger partial charge < -0.3 is 10.6 Å². The summed E-state index contributed by atoms with van der Waals surface area (Å²) < 4.78 is 13.0. The first-order valence-electron chi connectivity index (χ1n) is 10.2. The third kappa shape index (κ3) is 4.35. The van der Waals surface area contributed by atoms with Gasteiger partial charge in [-0.05, 0) is 55.5 Å². The normalized spacial score (nSPS) is 23.5. The number of benzene rings is 2. The van der Waals surface area contributed by atoms with E-state index >= 15 is 0 Å². The fourth-order valence-corrected chi connectivity index (χ4v) is 4.28. The molecule has 4 amide bonds. The molecule has 0 radical (unpaired) electrons. The maximum atomic E-state index is 13.0. The van der Waals surface area contributed by atoms with Gasteiger partial charge in [-0.15, -0.1) is 0 Å². The molecule has 2 N–H and O–H groups in total. The molecule has 2 aromatic carbocycles. The van der Waals surface area contributed by atoms with Gasteiger partial charge in [0.2, 0.25) is 11.8 Å². The van der Waals surface area contributed by atoms with Crippen LogP contribution in [-0.4, -0.2) is 35.3 Å². The minimum atomic E-state index is -0.392. The number of anilines is 1. The van der Waals surface area contributed by atoms with Crippen molar-refractivity contribution in [2.75, 3.05) is 11.9 Å². The first kappa shape index (κ1) is 20.1. The second-order valence-corrected chi connectivity index (χ2v) is 7.89. The molecule has 30 heavy (non-hydrogen) atoms. The standard InChI is InChI=1S/C23H24FN3O3/c24-17-7-9-18(10-8-17)25-21(28)16-6-11-19-20(14-16)26-23(30)27(22(19)29)13-12-15-4-2-1-3-5-15/h1-5,7-10,16,19-20H,6,11-14H2,(H,25,28)(H,26,30). The molecule has 2 aromatic rings. The van der Waals surface area contributed by atoms with E-state index in [-0.39, 0.29) is 35.5 Å². The van der Waals surface area contributed by atoms with E-state index in [0.717, 1.165) is 5.56 Å². The maximum absolute atomic E-state index is 13.0. The monoisotopic (exact) mass is 409 g/mol. The number of imide groups is 1. The van der Waals surface area contributed by atoms with E-state index in [9.17, 15) is 18.8 Å². The number of rotatable bonds is 5. The summed E-state index contributed by atoms with van der Waals surface area (Å²) in [5, 5.41) is 5.72. The topological polar surface area (TPSA) is 78.5 Å². The summed E-state index contributed by atoms with van der Waals surface area (Å²) in [5.41, 5.74) is 1.60. The second kappa shape index (κ2) is 8.65. The minimum absolute atomic E-state index is 0.155. The number of halogens is 1. The molecule has 2 fully saturated rings. The predicted octanol–water partition coefficient (Wildman–Crippen LogP) is 3.34. The van der Waals surface area contributed by atoms with E-state index < -0.39 is 6.03 Å². The zero-order chi connectivity index (χ0) is 21.1. The van der Waals surface area contributed by atoms with Crippen LogP contribution in [0.25, 0.3) is 0 Å². The average molecular weight is 409 g/mol. The van der Waals surface area contributed by atoms with Crippen LogP contribution < -0.4 is 10.6 Å². The van der Waals surface area contributed by atoms with Gasteiger partial charge in [0.05, 0.1) is 5.92 Å². The summed E-state index contributed by atoms with van der Waals surface area (Å²) in [6.07, 6.45) is 2.15. The number of amides is 4. The van der Waals surface area contributed by atoms with Crippen molar-refractivity contribution in [2.24, 2.45) is 11.8 Å². The van der Waals surface area contributed by atoms with Gasteiger partial charge >= 0.3 is 6.03 Å². The lowest BCUT2D eigenvalue weighted by Gasteiger charge is -2.42. The molecule has 0 spiro atoms. The number of urea groups is 1. The highest BCUT2D eigenvalue weighted by atomic mass is 19.1. The molecule has 4 rings (SSSR count). The van der Waals surface area contributed by atoms with E-state index in [0.29, 0.717) is 37.9 Å². The Bertz CT molecular complexity index is 932. The van der Waals surface area contributed by atoms with Crippen molar-refractivity contribution in [3.8, 4) is 0 Å². The smallest absolute Gasteiger partial charge is 0.324 e.